The third-order valence-corrected chi connectivity index (χ3v) is 2.94. The summed E-state index contributed by atoms with van der Waals surface area (Å²) in [5, 5.41) is 6.69. The van der Waals surface area contributed by atoms with E-state index in [1.165, 1.54) is 12.0 Å². The Morgan fingerprint density at radius 2 is 2.29 bits per heavy atom. The molecular weight excluding hydrogens is 172 g/mol. The Morgan fingerprint density at radius 1 is 1.43 bits per heavy atom. The molecule has 0 bridgehead atoms. The first-order valence-corrected chi connectivity index (χ1v) is 5.35. The van der Waals surface area contributed by atoms with Crippen molar-refractivity contribution in [1.29, 1.82) is 0 Å². The third-order valence-electron chi connectivity index (χ3n) is 2.94. The van der Waals surface area contributed by atoms with E-state index in [4.69, 9.17) is 0 Å². The Labute approximate surface area is 85.7 Å². The monoisotopic (exact) mass is 190 g/mol. The van der Waals surface area contributed by atoms with E-state index in [0.717, 1.165) is 19.6 Å². The minimum Gasteiger partial charge on any atom is -0.320 e. The fraction of sp³-hybridized carbons (Fsp3) is 0.500. The molecule has 14 heavy (non-hydrogen) atoms. The molecule has 1 aliphatic rings. The quantitative estimate of drug-likeness (QED) is 0.754. The topological polar surface area (TPSA) is 24.1 Å². The predicted molar refractivity (Wildman–Crippen MR) is 59.4 cm³/mol. The van der Waals surface area contributed by atoms with E-state index in [1.807, 2.05) is 7.05 Å². The van der Waals surface area contributed by atoms with Gasteiger partial charge in [0.1, 0.15) is 0 Å². The summed E-state index contributed by atoms with van der Waals surface area (Å²) in [6, 6.07) is 8.78. The molecule has 0 aromatic heterocycles. The molecule has 1 atom stereocenters. The molecule has 1 aromatic rings. The molecule has 2 heteroatoms. The van der Waals surface area contributed by atoms with Crippen molar-refractivity contribution in [2.45, 2.75) is 18.9 Å². The molecule has 0 saturated heterocycles. The standard InChI is InChI=1S/C12H18N2/c1-13-7-6-11-9-14-8-10-4-2-3-5-12(10)11/h2-5,11,13-14H,6-9H2,1H3. The molecule has 0 aliphatic carbocycles. The van der Waals surface area contributed by atoms with Crippen molar-refractivity contribution in [3.63, 3.8) is 0 Å². The molecule has 1 aromatic carbocycles. The summed E-state index contributed by atoms with van der Waals surface area (Å²) in [7, 11) is 2.02. The maximum Gasteiger partial charge on any atom is 0.0208 e. The van der Waals surface area contributed by atoms with Crippen molar-refractivity contribution < 1.29 is 0 Å². The third kappa shape index (κ3) is 1.97. The summed E-state index contributed by atoms with van der Waals surface area (Å²) >= 11 is 0. The molecule has 2 rings (SSSR count). The molecule has 1 aliphatic heterocycles. The van der Waals surface area contributed by atoms with Gasteiger partial charge in [-0.15, -0.1) is 0 Å². The minimum absolute atomic E-state index is 0.687. The molecule has 1 heterocycles. The van der Waals surface area contributed by atoms with Crippen LogP contribution >= 0.6 is 0 Å². The summed E-state index contributed by atoms with van der Waals surface area (Å²) in [5.74, 6) is 0.687. The van der Waals surface area contributed by atoms with Crippen LogP contribution in [0.2, 0.25) is 0 Å². The second kappa shape index (κ2) is 4.58. The van der Waals surface area contributed by atoms with Gasteiger partial charge >= 0.3 is 0 Å². The van der Waals surface area contributed by atoms with Gasteiger partial charge in [0.25, 0.3) is 0 Å². The summed E-state index contributed by atoms with van der Waals surface area (Å²) < 4.78 is 0. The molecule has 0 saturated carbocycles. The fourth-order valence-corrected chi connectivity index (χ4v) is 2.16. The highest BCUT2D eigenvalue weighted by Crippen LogP contribution is 2.25. The van der Waals surface area contributed by atoms with E-state index in [2.05, 4.69) is 34.9 Å². The summed E-state index contributed by atoms with van der Waals surface area (Å²) in [5.41, 5.74) is 3.02. The van der Waals surface area contributed by atoms with Gasteiger partial charge in [0.05, 0.1) is 0 Å². The normalized spacial score (nSPS) is 20.5. The Kier molecular flexibility index (Phi) is 3.17. The average molecular weight is 190 g/mol. The van der Waals surface area contributed by atoms with Gasteiger partial charge in [-0.1, -0.05) is 24.3 Å². The average Bonchev–Trinajstić information content (AvgIpc) is 2.26. The molecule has 0 spiro atoms. The molecule has 2 N–H and O–H groups in total. The van der Waals surface area contributed by atoms with Crippen LogP contribution in [0.3, 0.4) is 0 Å². The van der Waals surface area contributed by atoms with Gasteiger partial charge < -0.3 is 10.6 Å². The number of rotatable bonds is 3. The zero-order valence-corrected chi connectivity index (χ0v) is 8.72. The van der Waals surface area contributed by atoms with Gasteiger partial charge in [-0.2, -0.15) is 0 Å². The zero-order chi connectivity index (χ0) is 9.80. The van der Waals surface area contributed by atoms with Gasteiger partial charge in [0.2, 0.25) is 0 Å². The maximum absolute atomic E-state index is 3.47. The molecule has 76 valence electrons. The zero-order valence-electron chi connectivity index (χ0n) is 8.72. The lowest BCUT2D eigenvalue weighted by atomic mass is 9.88. The lowest BCUT2D eigenvalue weighted by Crippen LogP contribution is -2.29. The second-order valence-corrected chi connectivity index (χ2v) is 3.92. The smallest absolute Gasteiger partial charge is 0.0208 e. The van der Waals surface area contributed by atoms with Crippen molar-refractivity contribution in [2.75, 3.05) is 20.1 Å². The van der Waals surface area contributed by atoms with Crippen molar-refractivity contribution in [2.24, 2.45) is 0 Å². The van der Waals surface area contributed by atoms with Crippen LogP contribution < -0.4 is 10.6 Å². The predicted octanol–water partition coefficient (Wildman–Crippen LogP) is 1.48. The Balaban J connectivity index is 2.14. The van der Waals surface area contributed by atoms with Crippen molar-refractivity contribution in [3.05, 3.63) is 35.4 Å². The van der Waals surface area contributed by atoms with E-state index in [9.17, 15) is 0 Å². The van der Waals surface area contributed by atoms with Gasteiger partial charge in [-0.25, -0.2) is 0 Å². The Morgan fingerprint density at radius 3 is 3.14 bits per heavy atom. The number of nitrogens with one attached hydrogen (secondary N) is 2. The van der Waals surface area contributed by atoms with Gasteiger partial charge in [-0.05, 0) is 37.1 Å². The maximum atomic E-state index is 3.47. The summed E-state index contributed by atoms with van der Waals surface area (Å²) in [6.07, 6.45) is 1.22. The van der Waals surface area contributed by atoms with Crippen LogP contribution in [0.25, 0.3) is 0 Å². The van der Waals surface area contributed by atoms with Crippen LogP contribution in [0, 0.1) is 0 Å². The summed E-state index contributed by atoms with van der Waals surface area (Å²) in [4.78, 5) is 0. The first kappa shape index (κ1) is 9.69. The Bertz CT molecular complexity index is 296. The van der Waals surface area contributed by atoms with E-state index in [1.54, 1.807) is 5.56 Å². The number of hydrogen-bond donors (Lipinski definition) is 2. The van der Waals surface area contributed by atoms with E-state index < -0.39 is 0 Å². The van der Waals surface area contributed by atoms with Crippen molar-refractivity contribution >= 4 is 0 Å². The van der Waals surface area contributed by atoms with Crippen LogP contribution in [0.15, 0.2) is 24.3 Å². The van der Waals surface area contributed by atoms with Crippen LogP contribution in [0.1, 0.15) is 23.5 Å². The molecule has 0 radical (unpaired) electrons. The fourth-order valence-electron chi connectivity index (χ4n) is 2.16. The molecule has 2 nitrogen and oxygen atoms in total. The molecule has 0 fully saturated rings. The highest BCUT2D eigenvalue weighted by molar-refractivity contribution is 5.32. The van der Waals surface area contributed by atoms with Crippen molar-refractivity contribution in [1.82, 2.24) is 10.6 Å². The lowest BCUT2D eigenvalue weighted by molar-refractivity contribution is 0.505. The number of benzene rings is 1. The van der Waals surface area contributed by atoms with Crippen LogP contribution in [0.4, 0.5) is 0 Å². The summed E-state index contributed by atoms with van der Waals surface area (Å²) in [6.45, 7) is 3.26. The molecule has 1 unspecified atom stereocenters. The van der Waals surface area contributed by atoms with Gasteiger partial charge in [0, 0.05) is 13.1 Å². The van der Waals surface area contributed by atoms with E-state index >= 15 is 0 Å². The van der Waals surface area contributed by atoms with E-state index in [-0.39, 0.29) is 0 Å². The van der Waals surface area contributed by atoms with Crippen LogP contribution in [-0.4, -0.2) is 20.1 Å². The second-order valence-electron chi connectivity index (χ2n) is 3.92. The largest absolute Gasteiger partial charge is 0.320 e. The van der Waals surface area contributed by atoms with Gasteiger partial charge in [0.15, 0.2) is 0 Å². The Hall–Kier alpha value is -0.860. The first-order chi connectivity index (χ1) is 6.92. The van der Waals surface area contributed by atoms with Crippen LogP contribution in [0.5, 0.6) is 0 Å². The highest BCUT2D eigenvalue weighted by atomic mass is 14.9. The van der Waals surface area contributed by atoms with E-state index in [0.29, 0.717) is 5.92 Å². The van der Waals surface area contributed by atoms with Crippen LogP contribution in [-0.2, 0) is 6.54 Å². The molecular formula is C12H18N2. The number of fused-ring (bicyclic) bond motifs is 1. The minimum atomic E-state index is 0.687. The molecule has 0 amide bonds. The SMILES string of the molecule is CNCCC1CNCc2ccccc21. The number of hydrogen-bond acceptors (Lipinski definition) is 2. The first-order valence-electron chi connectivity index (χ1n) is 5.35. The lowest BCUT2D eigenvalue weighted by Gasteiger charge is -2.26. The van der Waals surface area contributed by atoms with Gasteiger partial charge in [-0.3, -0.25) is 0 Å². The van der Waals surface area contributed by atoms with Crippen molar-refractivity contribution in [3.8, 4) is 0 Å². The highest BCUT2D eigenvalue weighted by Gasteiger charge is 2.18.